The number of nitroso groups, excluding NO2 is 1. The molecule has 0 fully saturated rings. The van der Waals surface area contributed by atoms with Gasteiger partial charge in [-0.05, 0) is 13.8 Å². The summed E-state index contributed by atoms with van der Waals surface area (Å²) in [5, 5.41) is 3.10. The van der Waals surface area contributed by atoms with Gasteiger partial charge in [0.2, 0.25) is 0 Å². The molecule has 0 heterocycles. The van der Waals surface area contributed by atoms with Gasteiger partial charge in [0.15, 0.2) is 0 Å². The van der Waals surface area contributed by atoms with Gasteiger partial charge in [-0.15, -0.1) is 16.5 Å². The Kier molecular flexibility index (Phi) is 5.36. The third kappa shape index (κ3) is 4.12. The Morgan fingerprint density at radius 2 is 2.25 bits per heavy atom. The summed E-state index contributed by atoms with van der Waals surface area (Å²) >= 11 is 5.31. The van der Waals surface area contributed by atoms with Crippen LogP contribution in [0.3, 0.4) is 0 Å². The van der Waals surface area contributed by atoms with Gasteiger partial charge in [-0.25, -0.2) is 4.79 Å². The molecule has 0 aromatic carbocycles. The van der Waals surface area contributed by atoms with E-state index >= 15 is 0 Å². The predicted octanol–water partition coefficient (Wildman–Crippen LogP) is 1.75. The number of rotatable bonds is 4. The lowest BCUT2D eigenvalue weighted by molar-refractivity contribution is 0.0789. The summed E-state index contributed by atoms with van der Waals surface area (Å²) in [5.74, 6) is 0.152. The van der Waals surface area contributed by atoms with E-state index in [2.05, 4.69) is 5.29 Å². The summed E-state index contributed by atoms with van der Waals surface area (Å²) < 4.78 is 4.69. The van der Waals surface area contributed by atoms with Crippen molar-refractivity contribution in [3.8, 4) is 0 Å². The molecule has 0 saturated heterocycles. The largest absolute Gasteiger partial charge is 0.445 e. The van der Waals surface area contributed by atoms with E-state index in [-0.39, 0.29) is 18.5 Å². The van der Waals surface area contributed by atoms with Gasteiger partial charge in [-0.2, -0.15) is 5.01 Å². The second-order valence-corrected chi connectivity index (χ2v) is 2.70. The van der Waals surface area contributed by atoms with Gasteiger partial charge in [0, 0.05) is 5.88 Å². The van der Waals surface area contributed by atoms with E-state index in [0.29, 0.717) is 5.01 Å². The molecule has 0 radical (unpaired) electrons. The normalized spacial score (nSPS) is 9.67. The van der Waals surface area contributed by atoms with Gasteiger partial charge in [0.25, 0.3) is 0 Å². The first-order valence-electron chi connectivity index (χ1n) is 3.49. The highest BCUT2D eigenvalue weighted by Crippen LogP contribution is 1.98. The molecule has 0 N–H and O–H groups in total. The number of hydrogen-bond donors (Lipinski definition) is 0. The Hall–Kier alpha value is -0.840. The summed E-state index contributed by atoms with van der Waals surface area (Å²) in [6, 6.07) is 0. The molecule has 70 valence electrons. The van der Waals surface area contributed by atoms with Crippen LogP contribution in [-0.4, -0.2) is 29.6 Å². The second kappa shape index (κ2) is 5.77. The molecule has 0 aromatic heterocycles. The monoisotopic (exact) mass is 194 g/mol. The number of hydrogen-bond acceptors (Lipinski definition) is 4. The zero-order chi connectivity index (χ0) is 9.56. The molecule has 6 heteroatoms. The first kappa shape index (κ1) is 11.2. The highest BCUT2D eigenvalue weighted by atomic mass is 35.5. The highest BCUT2D eigenvalue weighted by Gasteiger charge is 2.15. The molecule has 0 saturated carbocycles. The Labute approximate surface area is 75.6 Å². The van der Waals surface area contributed by atoms with Crippen molar-refractivity contribution in [1.82, 2.24) is 5.01 Å². The van der Waals surface area contributed by atoms with Crippen LogP contribution in [0.2, 0.25) is 0 Å². The van der Waals surface area contributed by atoms with E-state index in [9.17, 15) is 9.70 Å². The number of carbonyl (C=O) groups is 1. The van der Waals surface area contributed by atoms with Crippen LogP contribution in [0.4, 0.5) is 4.79 Å². The summed E-state index contributed by atoms with van der Waals surface area (Å²) in [4.78, 5) is 21.0. The predicted molar refractivity (Wildman–Crippen MR) is 44.8 cm³/mol. The first-order chi connectivity index (χ1) is 5.61. The quantitative estimate of drug-likeness (QED) is 0.389. The van der Waals surface area contributed by atoms with E-state index < -0.39 is 6.09 Å². The minimum absolute atomic E-state index is 0.0661. The van der Waals surface area contributed by atoms with Crippen molar-refractivity contribution in [2.24, 2.45) is 5.29 Å². The van der Waals surface area contributed by atoms with Crippen LogP contribution in [0.15, 0.2) is 5.29 Å². The maximum atomic E-state index is 10.9. The maximum absolute atomic E-state index is 10.9. The van der Waals surface area contributed by atoms with Crippen LogP contribution in [0.5, 0.6) is 0 Å². The Bertz CT molecular complexity index is 163. The third-order valence-corrected chi connectivity index (χ3v) is 1.11. The van der Waals surface area contributed by atoms with E-state index in [1.165, 1.54) is 0 Å². The van der Waals surface area contributed by atoms with E-state index in [4.69, 9.17) is 16.3 Å². The number of alkyl halides is 1. The third-order valence-electron chi connectivity index (χ3n) is 0.942. The molecule has 0 rings (SSSR count). The smallest absolute Gasteiger partial charge is 0.433 e. The molecule has 12 heavy (non-hydrogen) atoms. The molecule has 0 atom stereocenters. The van der Waals surface area contributed by atoms with Crippen LogP contribution in [0.1, 0.15) is 13.8 Å². The molecule has 1 amide bonds. The standard InChI is InChI=1S/C6H11ClN2O3/c1-5(2)12-6(10)9(8-11)4-3-7/h5H,3-4H2,1-2H3. The van der Waals surface area contributed by atoms with Gasteiger partial charge in [-0.1, -0.05) is 0 Å². The molecular formula is C6H11ClN2O3. The molecule has 0 aliphatic rings. The summed E-state index contributed by atoms with van der Waals surface area (Å²) in [6.07, 6.45) is -1.03. The lowest BCUT2D eigenvalue weighted by Crippen LogP contribution is -2.29. The number of amides is 1. The Balaban J connectivity index is 3.93. The van der Waals surface area contributed by atoms with Crippen molar-refractivity contribution < 1.29 is 9.53 Å². The maximum Gasteiger partial charge on any atom is 0.433 e. The van der Waals surface area contributed by atoms with Crippen LogP contribution in [-0.2, 0) is 4.74 Å². The fourth-order valence-corrected chi connectivity index (χ4v) is 0.668. The molecule has 0 spiro atoms. The molecule has 0 unspecified atom stereocenters. The number of carbonyl (C=O) groups excluding carboxylic acids is 1. The topological polar surface area (TPSA) is 59.0 Å². The van der Waals surface area contributed by atoms with Crippen LogP contribution in [0.25, 0.3) is 0 Å². The molecular weight excluding hydrogens is 184 g/mol. The molecule has 5 nitrogen and oxygen atoms in total. The summed E-state index contributed by atoms with van der Waals surface area (Å²) in [6.45, 7) is 3.43. The SMILES string of the molecule is CC(C)OC(=O)N(CCCl)N=O. The minimum atomic E-state index is -0.763. The average Bonchev–Trinajstić information content (AvgIpc) is 1.98. The molecule has 0 bridgehead atoms. The molecule has 0 aromatic rings. The van der Waals surface area contributed by atoms with Crippen LogP contribution >= 0.6 is 11.6 Å². The first-order valence-corrected chi connectivity index (χ1v) is 4.02. The van der Waals surface area contributed by atoms with E-state index in [1.54, 1.807) is 13.8 Å². The van der Waals surface area contributed by atoms with Crippen LogP contribution < -0.4 is 0 Å². The van der Waals surface area contributed by atoms with Crippen molar-refractivity contribution in [2.75, 3.05) is 12.4 Å². The zero-order valence-corrected chi connectivity index (χ0v) is 7.74. The minimum Gasteiger partial charge on any atom is -0.445 e. The van der Waals surface area contributed by atoms with Crippen molar-refractivity contribution in [3.63, 3.8) is 0 Å². The Morgan fingerprint density at radius 3 is 2.58 bits per heavy atom. The lowest BCUT2D eigenvalue weighted by Gasteiger charge is -2.13. The molecule has 0 aliphatic heterocycles. The van der Waals surface area contributed by atoms with Crippen molar-refractivity contribution in [1.29, 1.82) is 0 Å². The van der Waals surface area contributed by atoms with Gasteiger partial charge < -0.3 is 4.74 Å². The molecule has 0 aliphatic carbocycles. The van der Waals surface area contributed by atoms with Crippen molar-refractivity contribution in [3.05, 3.63) is 4.91 Å². The summed E-state index contributed by atoms with van der Waals surface area (Å²) in [7, 11) is 0. The highest BCUT2D eigenvalue weighted by molar-refractivity contribution is 6.18. The van der Waals surface area contributed by atoms with Crippen molar-refractivity contribution >= 4 is 17.7 Å². The number of nitrogens with zero attached hydrogens (tertiary/aromatic N) is 2. The van der Waals surface area contributed by atoms with Gasteiger partial charge in [0.05, 0.1) is 17.9 Å². The number of halogens is 1. The van der Waals surface area contributed by atoms with Crippen molar-refractivity contribution in [2.45, 2.75) is 20.0 Å². The van der Waals surface area contributed by atoms with Gasteiger partial charge in [-0.3, -0.25) is 0 Å². The number of ether oxygens (including phenoxy) is 1. The van der Waals surface area contributed by atoms with Gasteiger partial charge >= 0.3 is 6.09 Å². The summed E-state index contributed by atoms with van der Waals surface area (Å²) in [5.41, 5.74) is 0. The lowest BCUT2D eigenvalue weighted by atomic mass is 10.5. The van der Waals surface area contributed by atoms with Crippen LogP contribution in [0, 0.1) is 4.91 Å². The zero-order valence-electron chi connectivity index (χ0n) is 6.99. The fraction of sp³-hybridized carbons (Fsp3) is 0.833. The second-order valence-electron chi connectivity index (χ2n) is 2.33. The van der Waals surface area contributed by atoms with E-state index in [0.717, 1.165) is 0 Å². The van der Waals surface area contributed by atoms with E-state index in [1.807, 2.05) is 0 Å². The Morgan fingerprint density at radius 1 is 1.67 bits per heavy atom. The fourth-order valence-electron chi connectivity index (χ4n) is 0.508. The average molecular weight is 195 g/mol. The van der Waals surface area contributed by atoms with Gasteiger partial charge in [0.1, 0.15) is 0 Å².